The lowest BCUT2D eigenvalue weighted by atomic mass is 10.2. The lowest BCUT2D eigenvalue weighted by Gasteiger charge is -2.40. The first kappa shape index (κ1) is 20.8. The molecule has 1 heterocycles. The Morgan fingerprint density at radius 1 is 1.00 bits per heavy atom. The molecule has 1 aliphatic heterocycles. The Morgan fingerprint density at radius 2 is 1.52 bits per heavy atom. The Balaban J connectivity index is 3.16. The number of nitrogens with zero attached hydrogens (tertiary/aromatic N) is 2. The average Bonchev–Trinajstić information content (AvgIpc) is 2.43. The largest absolute Gasteiger partial charge is 0.464 e. The lowest BCUT2D eigenvalue weighted by Crippen LogP contribution is -2.60. The average molecular weight is 356 g/mol. The Morgan fingerprint density at radius 3 is 2.00 bits per heavy atom. The van der Waals surface area contributed by atoms with E-state index in [1.807, 2.05) is 0 Å². The zero-order valence-corrected chi connectivity index (χ0v) is 16.0. The van der Waals surface area contributed by atoms with Gasteiger partial charge in [0, 0.05) is 0 Å². The number of hydrogen-bond donors (Lipinski definition) is 0. The second-order valence-corrected chi connectivity index (χ2v) is 7.51. The van der Waals surface area contributed by atoms with Gasteiger partial charge in [0.05, 0.1) is 13.2 Å². The van der Waals surface area contributed by atoms with Crippen LogP contribution in [-0.2, 0) is 19.0 Å². The molecule has 0 saturated heterocycles. The summed E-state index contributed by atoms with van der Waals surface area (Å²) in [5, 5.41) is 1.98. The molecule has 0 unspecified atom stereocenters. The fourth-order valence-electron chi connectivity index (χ4n) is 2.01. The van der Waals surface area contributed by atoms with Gasteiger partial charge in [0.1, 0.15) is 11.2 Å². The zero-order chi connectivity index (χ0) is 19.4. The summed E-state index contributed by atoms with van der Waals surface area (Å²) in [6, 6.07) is -1.10. The highest BCUT2D eigenvalue weighted by Gasteiger charge is 2.42. The summed E-state index contributed by atoms with van der Waals surface area (Å²) in [6.07, 6.45) is 1.52. The van der Waals surface area contributed by atoms with Crippen molar-refractivity contribution in [3.8, 4) is 0 Å². The second-order valence-electron chi connectivity index (χ2n) is 7.51. The maximum Gasteiger partial charge on any atom is 0.430 e. The maximum atomic E-state index is 12.6. The first-order valence-corrected chi connectivity index (χ1v) is 8.21. The van der Waals surface area contributed by atoms with Gasteiger partial charge in [-0.1, -0.05) is 12.2 Å². The predicted octanol–water partition coefficient (Wildman–Crippen LogP) is 2.88. The van der Waals surface area contributed by atoms with Crippen LogP contribution in [0.15, 0.2) is 12.2 Å². The van der Waals surface area contributed by atoms with Crippen LogP contribution in [0.3, 0.4) is 0 Å². The number of hydrogen-bond acceptors (Lipinski definition) is 6. The van der Waals surface area contributed by atoms with Gasteiger partial charge in [-0.25, -0.2) is 19.4 Å². The molecule has 1 atom stereocenters. The van der Waals surface area contributed by atoms with E-state index in [1.165, 1.54) is 6.08 Å². The molecular weight excluding hydrogens is 328 g/mol. The molecular formula is C17H28N2O6. The topological polar surface area (TPSA) is 85.4 Å². The molecule has 0 aromatic heterocycles. The Hall–Kier alpha value is -2.25. The molecule has 0 N–H and O–H groups in total. The summed E-state index contributed by atoms with van der Waals surface area (Å²) >= 11 is 0. The van der Waals surface area contributed by atoms with Crippen LogP contribution in [0.5, 0.6) is 0 Å². The molecule has 0 saturated carbocycles. The summed E-state index contributed by atoms with van der Waals surface area (Å²) in [6.45, 7) is 12.1. The van der Waals surface area contributed by atoms with E-state index in [0.717, 1.165) is 10.0 Å². The van der Waals surface area contributed by atoms with Gasteiger partial charge in [-0.05, 0) is 48.5 Å². The van der Waals surface area contributed by atoms with Crippen molar-refractivity contribution in [3.63, 3.8) is 0 Å². The number of carbonyl (C=O) groups excluding carboxylic acids is 3. The van der Waals surface area contributed by atoms with E-state index in [4.69, 9.17) is 14.2 Å². The summed E-state index contributed by atoms with van der Waals surface area (Å²) in [5.74, 6) is -0.655. The molecule has 0 aromatic rings. The highest BCUT2D eigenvalue weighted by atomic mass is 16.6. The number of ether oxygens (including phenoxy) is 3. The molecule has 0 aromatic carbocycles. The van der Waals surface area contributed by atoms with Crippen molar-refractivity contribution in [3.05, 3.63) is 12.2 Å². The van der Waals surface area contributed by atoms with Crippen LogP contribution in [0.25, 0.3) is 0 Å². The van der Waals surface area contributed by atoms with Gasteiger partial charge in [0.2, 0.25) is 0 Å². The third-order valence-electron chi connectivity index (χ3n) is 2.83. The van der Waals surface area contributed by atoms with E-state index < -0.39 is 35.4 Å². The number of carbonyl (C=O) groups is 3. The third-order valence-corrected chi connectivity index (χ3v) is 2.83. The number of amides is 2. The van der Waals surface area contributed by atoms with E-state index in [0.29, 0.717) is 0 Å². The van der Waals surface area contributed by atoms with Crippen molar-refractivity contribution >= 4 is 18.2 Å². The summed E-state index contributed by atoms with van der Waals surface area (Å²) in [7, 11) is 0. The molecule has 1 aliphatic rings. The predicted molar refractivity (Wildman–Crippen MR) is 90.6 cm³/mol. The molecule has 1 rings (SSSR count). The fourth-order valence-corrected chi connectivity index (χ4v) is 2.01. The monoisotopic (exact) mass is 356 g/mol. The SMILES string of the molecule is CCOC(=O)[C@@H]1C=CCN(C(=O)OC(C)(C)C)N1C(=O)OC(C)(C)C. The Kier molecular flexibility index (Phi) is 6.45. The van der Waals surface area contributed by atoms with Crippen LogP contribution in [0.4, 0.5) is 9.59 Å². The quantitative estimate of drug-likeness (QED) is 0.430. The van der Waals surface area contributed by atoms with E-state index in [-0.39, 0.29) is 13.2 Å². The van der Waals surface area contributed by atoms with Gasteiger partial charge < -0.3 is 14.2 Å². The molecule has 8 heteroatoms. The molecule has 0 fully saturated rings. The van der Waals surface area contributed by atoms with E-state index in [1.54, 1.807) is 54.5 Å². The first-order valence-electron chi connectivity index (χ1n) is 8.21. The maximum absolute atomic E-state index is 12.6. The highest BCUT2D eigenvalue weighted by molar-refractivity contribution is 5.85. The van der Waals surface area contributed by atoms with Gasteiger partial charge in [-0.15, -0.1) is 0 Å². The van der Waals surface area contributed by atoms with Gasteiger partial charge in [0.15, 0.2) is 6.04 Å². The van der Waals surface area contributed by atoms with E-state index in [9.17, 15) is 14.4 Å². The molecule has 0 spiro atoms. The van der Waals surface area contributed by atoms with Crippen LogP contribution in [0.1, 0.15) is 48.5 Å². The van der Waals surface area contributed by atoms with Gasteiger partial charge in [0.25, 0.3) is 0 Å². The van der Waals surface area contributed by atoms with Gasteiger partial charge in [-0.2, -0.15) is 5.01 Å². The molecule has 2 amide bonds. The standard InChI is InChI=1S/C17H28N2O6/c1-8-23-13(20)12-10-9-11-18(14(21)24-16(2,3)4)19(12)15(22)25-17(5,6)7/h9-10,12H,8,11H2,1-7H3/t12-/m0/s1. The minimum atomic E-state index is -1.10. The van der Waals surface area contributed by atoms with E-state index in [2.05, 4.69) is 0 Å². The second kappa shape index (κ2) is 7.76. The van der Waals surface area contributed by atoms with Crippen LogP contribution in [-0.4, -0.2) is 58.6 Å². The van der Waals surface area contributed by atoms with Crippen molar-refractivity contribution in [2.45, 2.75) is 65.7 Å². The lowest BCUT2D eigenvalue weighted by molar-refractivity contribution is -0.154. The minimum absolute atomic E-state index is 0.0735. The Bertz CT molecular complexity index is 544. The zero-order valence-electron chi connectivity index (χ0n) is 16.0. The number of hydrazine groups is 1. The first-order chi connectivity index (χ1) is 11.4. The summed E-state index contributed by atoms with van der Waals surface area (Å²) < 4.78 is 15.7. The number of esters is 1. The van der Waals surface area contributed by atoms with Crippen LogP contribution in [0.2, 0.25) is 0 Å². The normalized spacial score (nSPS) is 18.0. The summed E-state index contributed by atoms with van der Waals surface area (Å²) in [4.78, 5) is 37.3. The van der Waals surface area contributed by atoms with Crippen molar-refractivity contribution in [2.75, 3.05) is 13.2 Å². The van der Waals surface area contributed by atoms with Crippen molar-refractivity contribution in [1.82, 2.24) is 10.0 Å². The van der Waals surface area contributed by atoms with Crippen molar-refractivity contribution in [1.29, 1.82) is 0 Å². The minimum Gasteiger partial charge on any atom is -0.464 e. The highest BCUT2D eigenvalue weighted by Crippen LogP contribution is 2.21. The number of rotatable bonds is 2. The van der Waals surface area contributed by atoms with Gasteiger partial charge >= 0.3 is 18.2 Å². The third kappa shape index (κ3) is 6.28. The molecule has 8 nitrogen and oxygen atoms in total. The summed E-state index contributed by atoms with van der Waals surface area (Å²) in [5.41, 5.74) is -1.55. The molecule has 142 valence electrons. The fraction of sp³-hybridized carbons (Fsp3) is 0.706. The van der Waals surface area contributed by atoms with Gasteiger partial charge in [-0.3, -0.25) is 0 Å². The van der Waals surface area contributed by atoms with Crippen molar-refractivity contribution in [2.24, 2.45) is 0 Å². The molecule has 25 heavy (non-hydrogen) atoms. The van der Waals surface area contributed by atoms with Crippen LogP contribution >= 0.6 is 0 Å². The van der Waals surface area contributed by atoms with Crippen LogP contribution in [0, 0.1) is 0 Å². The Labute approximate surface area is 148 Å². The van der Waals surface area contributed by atoms with Crippen LogP contribution < -0.4 is 0 Å². The molecule has 0 aliphatic carbocycles. The smallest absolute Gasteiger partial charge is 0.430 e. The van der Waals surface area contributed by atoms with Crippen molar-refractivity contribution < 1.29 is 28.6 Å². The molecule has 0 radical (unpaired) electrons. The molecule has 0 bridgehead atoms. The van der Waals surface area contributed by atoms with E-state index >= 15 is 0 Å².